The van der Waals surface area contributed by atoms with Crippen molar-refractivity contribution >= 4 is 11.6 Å². The van der Waals surface area contributed by atoms with E-state index in [1.54, 1.807) is 0 Å². The van der Waals surface area contributed by atoms with Crippen LogP contribution in [0.25, 0.3) is 0 Å². The van der Waals surface area contributed by atoms with E-state index >= 15 is 0 Å². The molecule has 1 nitrogen and oxygen atoms in total. The molecule has 2 heteroatoms. The fourth-order valence-electron chi connectivity index (χ4n) is 1.02. The van der Waals surface area contributed by atoms with Gasteiger partial charge in [0, 0.05) is 5.88 Å². The molecule has 1 aliphatic rings. The van der Waals surface area contributed by atoms with Crippen molar-refractivity contribution in [3.63, 3.8) is 0 Å². The maximum absolute atomic E-state index is 5.76. The fourth-order valence-corrected chi connectivity index (χ4v) is 1.42. The maximum atomic E-state index is 5.76. The number of alkyl halides is 1. The molecular weight excluding hydrogens is 134 g/mol. The molecular formula is C7H14ClN. The average Bonchev–Trinajstić information content (AvgIpc) is 2.65. The molecule has 9 heavy (non-hydrogen) atoms. The molecule has 0 saturated heterocycles. The summed E-state index contributed by atoms with van der Waals surface area (Å²) < 4.78 is 0. The van der Waals surface area contributed by atoms with Gasteiger partial charge in [0.2, 0.25) is 0 Å². The van der Waals surface area contributed by atoms with Crippen LogP contribution >= 0.6 is 11.6 Å². The van der Waals surface area contributed by atoms with E-state index in [0.29, 0.717) is 5.41 Å². The number of halogens is 1. The molecule has 54 valence electrons. The summed E-state index contributed by atoms with van der Waals surface area (Å²) in [6.07, 6.45) is 3.95. The van der Waals surface area contributed by atoms with Gasteiger partial charge < -0.3 is 5.32 Å². The Bertz CT molecular complexity index is 88.9. The zero-order chi connectivity index (χ0) is 6.74. The summed E-state index contributed by atoms with van der Waals surface area (Å²) in [6, 6.07) is 0. The van der Waals surface area contributed by atoms with Gasteiger partial charge in [-0.2, -0.15) is 0 Å². The Hall–Kier alpha value is 0.250. The molecule has 0 aromatic heterocycles. The Morgan fingerprint density at radius 2 is 2.22 bits per heavy atom. The van der Waals surface area contributed by atoms with Crippen LogP contribution in [0.2, 0.25) is 0 Å². The van der Waals surface area contributed by atoms with E-state index in [-0.39, 0.29) is 0 Å². The summed E-state index contributed by atoms with van der Waals surface area (Å²) >= 11 is 5.76. The highest BCUT2D eigenvalue weighted by Gasteiger charge is 2.40. The normalized spacial score (nSPS) is 22.0. The van der Waals surface area contributed by atoms with E-state index in [4.69, 9.17) is 11.6 Å². The maximum Gasteiger partial charge on any atom is 0.0280 e. The van der Waals surface area contributed by atoms with Crippen molar-refractivity contribution in [3.8, 4) is 0 Å². The highest BCUT2D eigenvalue weighted by atomic mass is 35.5. The zero-order valence-corrected chi connectivity index (χ0v) is 6.67. The third-order valence-electron chi connectivity index (χ3n) is 2.15. The van der Waals surface area contributed by atoms with Crippen LogP contribution in [0.5, 0.6) is 0 Å². The predicted octanol–water partition coefficient (Wildman–Crippen LogP) is 1.61. The Labute approximate surface area is 61.8 Å². The van der Waals surface area contributed by atoms with E-state index in [1.807, 2.05) is 7.05 Å². The average molecular weight is 148 g/mol. The second-order valence-electron chi connectivity index (χ2n) is 2.99. The third kappa shape index (κ3) is 1.84. The van der Waals surface area contributed by atoms with E-state index in [9.17, 15) is 0 Å². The van der Waals surface area contributed by atoms with Crippen molar-refractivity contribution in [2.45, 2.75) is 19.3 Å². The first kappa shape index (κ1) is 7.36. The van der Waals surface area contributed by atoms with Crippen LogP contribution in [0.3, 0.4) is 0 Å². The van der Waals surface area contributed by atoms with E-state index in [1.165, 1.54) is 19.3 Å². The van der Waals surface area contributed by atoms with Crippen molar-refractivity contribution in [1.29, 1.82) is 0 Å². The van der Waals surface area contributed by atoms with Gasteiger partial charge in [-0.15, -0.1) is 11.6 Å². The smallest absolute Gasteiger partial charge is 0.0280 e. The number of hydrogen-bond donors (Lipinski definition) is 1. The highest BCUT2D eigenvalue weighted by Crippen LogP contribution is 2.49. The summed E-state index contributed by atoms with van der Waals surface area (Å²) in [5.41, 5.74) is 0.546. The summed E-state index contributed by atoms with van der Waals surface area (Å²) in [4.78, 5) is 0. The third-order valence-corrected chi connectivity index (χ3v) is 2.71. The minimum Gasteiger partial charge on any atom is -0.320 e. The largest absolute Gasteiger partial charge is 0.320 e. The van der Waals surface area contributed by atoms with Gasteiger partial charge in [-0.1, -0.05) is 0 Å². The number of nitrogens with one attached hydrogen (secondary N) is 1. The minimum atomic E-state index is 0.546. The van der Waals surface area contributed by atoms with Gasteiger partial charge in [-0.3, -0.25) is 0 Å². The van der Waals surface area contributed by atoms with Crippen molar-refractivity contribution in [1.82, 2.24) is 5.32 Å². The summed E-state index contributed by atoms with van der Waals surface area (Å²) in [5, 5.41) is 3.14. The first-order chi connectivity index (χ1) is 4.33. The van der Waals surface area contributed by atoms with Gasteiger partial charge in [0.1, 0.15) is 0 Å². The van der Waals surface area contributed by atoms with Crippen LogP contribution in [0.15, 0.2) is 0 Å². The molecule has 0 unspecified atom stereocenters. The Kier molecular flexibility index (Phi) is 2.36. The van der Waals surface area contributed by atoms with E-state index < -0.39 is 0 Å². The molecule has 0 amide bonds. The lowest BCUT2D eigenvalue weighted by Crippen LogP contribution is -2.14. The summed E-state index contributed by atoms with van der Waals surface area (Å²) in [5.74, 6) is 0.856. The number of hydrogen-bond acceptors (Lipinski definition) is 1. The van der Waals surface area contributed by atoms with Crippen molar-refractivity contribution in [2.75, 3.05) is 19.5 Å². The molecule has 0 heterocycles. The summed E-state index contributed by atoms with van der Waals surface area (Å²) in [6.45, 7) is 1.12. The molecule has 1 saturated carbocycles. The van der Waals surface area contributed by atoms with Crippen molar-refractivity contribution in [2.24, 2.45) is 5.41 Å². The fraction of sp³-hybridized carbons (Fsp3) is 1.00. The lowest BCUT2D eigenvalue weighted by Gasteiger charge is -2.08. The Morgan fingerprint density at radius 3 is 2.56 bits per heavy atom. The minimum absolute atomic E-state index is 0.546. The Morgan fingerprint density at radius 1 is 1.56 bits per heavy atom. The summed E-state index contributed by atoms with van der Waals surface area (Å²) in [7, 11) is 1.99. The number of rotatable bonds is 4. The lowest BCUT2D eigenvalue weighted by molar-refractivity contribution is 0.508. The quantitative estimate of drug-likeness (QED) is 0.596. The van der Waals surface area contributed by atoms with Crippen molar-refractivity contribution in [3.05, 3.63) is 0 Å². The molecule has 0 aromatic rings. The monoisotopic (exact) mass is 147 g/mol. The predicted molar refractivity (Wildman–Crippen MR) is 40.9 cm³/mol. The van der Waals surface area contributed by atoms with Gasteiger partial charge in [0.05, 0.1) is 0 Å². The molecule has 0 spiro atoms. The van der Waals surface area contributed by atoms with Crippen LogP contribution in [0, 0.1) is 5.41 Å². The second kappa shape index (κ2) is 2.89. The molecule has 1 fully saturated rings. The van der Waals surface area contributed by atoms with Crippen molar-refractivity contribution < 1.29 is 0 Å². The zero-order valence-electron chi connectivity index (χ0n) is 5.91. The first-order valence-electron chi connectivity index (χ1n) is 3.54. The lowest BCUT2D eigenvalue weighted by atomic mass is 10.1. The van der Waals surface area contributed by atoms with Crippen LogP contribution in [-0.2, 0) is 0 Å². The standard InChI is InChI=1S/C7H14ClN/c1-9-5-4-7(6-8)2-3-7/h9H,2-6H2,1H3. The van der Waals surface area contributed by atoms with E-state index in [2.05, 4.69) is 5.32 Å². The Balaban J connectivity index is 2.10. The first-order valence-corrected chi connectivity index (χ1v) is 4.07. The van der Waals surface area contributed by atoms with E-state index in [0.717, 1.165) is 12.4 Å². The highest BCUT2D eigenvalue weighted by molar-refractivity contribution is 6.18. The second-order valence-corrected chi connectivity index (χ2v) is 3.25. The molecule has 1 aliphatic carbocycles. The van der Waals surface area contributed by atoms with Crippen LogP contribution in [0.1, 0.15) is 19.3 Å². The van der Waals surface area contributed by atoms with Crippen LogP contribution < -0.4 is 5.32 Å². The molecule has 0 bridgehead atoms. The van der Waals surface area contributed by atoms with Gasteiger partial charge in [-0.05, 0) is 38.3 Å². The van der Waals surface area contributed by atoms with Crippen LogP contribution in [0.4, 0.5) is 0 Å². The molecule has 0 aromatic carbocycles. The topological polar surface area (TPSA) is 12.0 Å². The molecule has 1 rings (SSSR count). The van der Waals surface area contributed by atoms with Gasteiger partial charge >= 0.3 is 0 Å². The molecule has 1 N–H and O–H groups in total. The van der Waals surface area contributed by atoms with Gasteiger partial charge in [0.25, 0.3) is 0 Å². The van der Waals surface area contributed by atoms with Gasteiger partial charge in [-0.25, -0.2) is 0 Å². The van der Waals surface area contributed by atoms with Gasteiger partial charge in [0.15, 0.2) is 0 Å². The molecule has 0 aliphatic heterocycles. The van der Waals surface area contributed by atoms with Crippen LogP contribution in [-0.4, -0.2) is 19.5 Å². The SMILES string of the molecule is CNCCC1(CCl)CC1. The molecule has 0 atom stereocenters. The molecule has 0 radical (unpaired) electrons.